The van der Waals surface area contributed by atoms with Gasteiger partial charge in [0.1, 0.15) is 0 Å². The van der Waals surface area contributed by atoms with E-state index in [0.29, 0.717) is 21.2 Å². The van der Waals surface area contributed by atoms with E-state index in [1.807, 2.05) is 0 Å². The molecule has 0 saturated carbocycles. The number of esters is 1. The summed E-state index contributed by atoms with van der Waals surface area (Å²) in [6, 6.07) is 9.07. The highest BCUT2D eigenvalue weighted by Gasteiger charge is 2.17. The molecule has 0 fully saturated rings. The maximum atomic E-state index is 12.4. The van der Waals surface area contributed by atoms with Crippen molar-refractivity contribution in [1.82, 2.24) is 10.1 Å². The van der Waals surface area contributed by atoms with Crippen LogP contribution in [0.2, 0.25) is 10.0 Å². The third-order valence-electron chi connectivity index (χ3n) is 3.85. The molecule has 0 N–H and O–H groups in total. The van der Waals surface area contributed by atoms with Gasteiger partial charge in [0.25, 0.3) is 5.89 Å². The SMILES string of the molecule is COc1cc(-c2noc(COC(=O)Cc3c(Cl)cccc3Cl)n2)ccc1OC(F)F. The van der Waals surface area contributed by atoms with Crippen LogP contribution in [-0.2, 0) is 22.6 Å². The molecule has 0 radical (unpaired) electrons. The normalized spacial score (nSPS) is 10.9. The van der Waals surface area contributed by atoms with Crippen molar-refractivity contribution < 1.29 is 32.3 Å². The quantitative estimate of drug-likeness (QED) is 0.442. The Balaban J connectivity index is 1.64. The highest BCUT2D eigenvalue weighted by Crippen LogP contribution is 2.32. The average Bonchev–Trinajstić information content (AvgIpc) is 3.18. The average molecular weight is 459 g/mol. The maximum absolute atomic E-state index is 12.4. The van der Waals surface area contributed by atoms with Crippen LogP contribution in [0.3, 0.4) is 0 Å². The maximum Gasteiger partial charge on any atom is 0.387 e. The Kier molecular flexibility index (Phi) is 7.07. The van der Waals surface area contributed by atoms with Gasteiger partial charge < -0.3 is 18.7 Å². The van der Waals surface area contributed by atoms with Crippen molar-refractivity contribution in [3.63, 3.8) is 0 Å². The molecule has 0 aliphatic rings. The summed E-state index contributed by atoms with van der Waals surface area (Å²) in [5, 5.41) is 4.49. The standard InChI is InChI=1S/C19H14Cl2F2N2O5/c1-27-15-7-10(5-6-14(15)29-19(22)23)18-24-16(30-25-18)9-28-17(26)8-11-12(20)3-2-4-13(11)21/h2-7,19H,8-9H2,1H3. The topological polar surface area (TPSA) is 83.7 Å². The Labute approximate surface area is 179 Å². The van der Waals surface area contributed by atoms with Crippen molar-refractivity contribution >= 4 is 29.2 Å². The molecule has 0 saturated heterocycles. The zero-order chi connectivity index (χ0) is 21.7. The highest BCUT2D eigenvalue weighted by atomic mass is 35.5. The molecular formula is C19H14Cl2F2N2O5. The van der Waals surface area contributed by atoms with Crippen LogP contribution in [0.25, 0.3) is 11.4 Å². The largest absolute Gasteiger partial charge is 0.493 e. The second-order valence-corrected chi connectivity index (χ2v) is 6.61. The summed E-state index contributed by atoms with van der Waals surface area (Å²) in [5.41, 5.74) is 0.882. The summed E-state index contributed by atoms with van der Waals surface area (Å²) in [6.45, 7) is -3.26. The third kappa shape index (κ3) is 5.37. The van der Waals surface area contributed by atoms with Crippen LogP contribution in [0.15, 0.2) is 40.9 Å². The molecule has 30 heavy (non-hydrogen) atoms. The lowest BCUT2D eigenvalue weighted by Crippen LogP contribution is -2.09. The number of alkyl halides is 2. The minimum atomic E-state index is -2.99. The number of hydrogen-bond donors (Lipinski definition) is 0. The van der Waals surface area contributed by atoms with E-state index in [-0.39, 0.29) is 36.2 Å². The molecular weight excluding hydrogens is 445 g/mol. The van der Waals surface area contributed by atoms with Crippen molar-refractivity contribution in [2.45, 2.75) is 19.6 Å². The monoisotopic (exact) mass is 458 g/mol. The van der Waals surface area contributed by atoms with Gasteiger partial charge in [0, 0.05) is 21.2 Å². The predicted molar refractivity (Wildman–Crippen MR) is 103 cm³/mol. The number of hydrogen-bond acceptors (Lipinski definition) is 7. The van der Waals surface area contributed by atoms with Crippen molar-refractivity contribution in [1.29, 1.82) is 0 Å². The lowest BCUT2D eigenvalue weighted by Gasteiger charge is -2.10. The molecule has 7 nitrogen and oxygen atoms in total. The Morgan fingerprint density at radius 3 is 2.57 bits per heavy atom. The number of halogens is 4. The van der Waals surface area contributed by atoms with Gasteiger partial charge in [0.2, 0.25) is 5.82 Å². The van der Waals surface area contributed by atoms with Gasteiger partial charge in [-0.3, -0.25) is 4.79 Å². The smallest absolute Gasteiger partial charge is 0.387 e. The Morgan fingerprint density at radius 2 is 1.90 bits per heavy atom. The summed E-state index contributed by atoms with van der Waals surface area (Å²) in [4.78, 5) is 16.2. The lowest BCUT2D eigenvalue weighted by atomic mass is 10.1. The molecule has 0 unspecified atom stereocenters. The molecule has 0 amide bonds. The number of carbonyl (C=O) groups excluding carboxylic acids is 1. The van der Waals surface area contributed by atoms with Gasteiger partial charge in [-0.25, -0.2) is 0 Å². The number of ether oxygens (including phenoxy) is 3. The number of carbonyl (C=O) groups is 1. The zero-order valence-electron chi connectivity index (χ0n) is 15.4. The van der Waals surface area contributed by atoms with E-state index in [1.165, 1.54) is 25.3 Å². The van der Waals surface area contributed by atoms with E-state index < -0.39 is 12.6 Å². The van der Waals surface area contributed by atoms with Crippen LogP contribution >= 0.6 is 23.2 Å². The summed E-state index contributed by atoms with van der Waals surface area (Å²) in [7, 11) is 1.31. The molecule has 3 aromatic rings. The van der Waals surface area contributed by atoms with Crippen molar-refractivity contribution in [2.24, 2.45) is 0 Å². The van der Waals surface area contributed by atoms with E-state index in [4.69, 9.17) is 37.2 Å². The first-order chi connectivity index (χ1) is 14.4. The van der Waals surface area contributed by atoms with E-state index in [0.717, 1.165) is 0 Å². The first-order valence-electron chi connectivity index (χ1n) is 8.41. The number of methoxy groups -OCH3 is 1. The summed E-state index contributed by atoms with van der Waals surface area (Å²) in [6.07, 6.45) is -0.123. The van der Waals surface area contributed by atoms with Gasteiger partial charge in [-0.1, -0.05) is 34.4 Å². The zero-order valence-corrected chi connectivity index (χ0v) is 16.9. The molecule has 1 heterocycles. The van der Waals surface area contributed by atoms with Crippen LogP contribution in [0.1, 0.15) is 11.5 Å². The fraction of sp³-hybridized carbons (Fsp3) is 0.211. The number of nitrogens with zero attached hydrogens (tertiary/aromatic N) is 2. The van der Waals surface area contributed by atoms with Crippen molar-refractivity contribution in [3.05, 3.63) is 57.9 Å². The third-order valence-corrected chi connectivity index (χ3v) is 4.55. The van der Waals surface area contributed by atoms with Gasteiger partial charge in [-0.05, 0) is 30.3 Å². The van der Waals surface area contributed by atoms with Crippen LogP contribution in [0.4, 0.5) is 8.78 Å². The van der Waals surface area contributed by atoms with Crippen LogP contribution in [0, 0.1) is 0 Å². The number of rotatable bonds is 8. The highest BCUT2D eigenvalue weighted by molar-refractivity contribution is 6.36. The van der Waals surface area contributed by atoms with E-state index >= 15 is 0 Å². The minimum absolute atomic E-state index is 0.0375. The second kappa shape index (κ2) is 9.73. The first kappa shape index (κ1) is 21.8. The predicted octanol–water partition coefficient (Wildman–Crippen LogP) is 4.94. The molecule has 1 aromatic heterocycles. The number of aromatic nitrogens is 2. The van der Waals surface area contributed by atoms with E-state index in [9.17, 15) is 13.6 Å². The fourth-order valence-electron chi connectivity index (χ4n) is 2.47. The van der Waals surface area contributed by atoms with Gasteiger partial charge in [-0.2, -0.15) is 13.8 Å². The van der Waals surface area contributed by atoms with Gasteiger partial charge in [0.05, 0.1) is 13.5 Å². The fourth-order valence-corrected chi connectivity index (χ4v) is 3.00. The molecule has 0 aliphatic heterocycles. The van der Waals surface area contributed by atoms with Gasteiger partial charge in [0.15, 0.2) is 18.1 Å². The Bertz CT molecular complexity index is 1030. The molecule has 0 atom stereocenters. The molecule has 2 aromatic carbocycles. The van der Waals surface area contributed by atoms with Crippen LogP contribution in [-0.4, -0.2) is 29.8 Å². The summed E-state index contributed by atoms with van der Waals surface area (Å²) in [5.74, 6) is -0.457. The molecule has 0 aliphatic carbocycles. The summed E-state index contributed by atoms with van der Waals surface area (Å²) < 4.78 is 44.4. The van der Waals surface area contributed by atoms with E-state index in [1.54, 1.807) is 18.2 Å². The lowest BCUT2D eigenvalue weighted by molar-refractivity contribution is -0.144. The van der Waals surface area contributed by atoms with Crippen molar-refractivity contribution in [3.8, 4) is 22.9 Å². The van der Waals surface area contributed by atoms with Gasteiger partial charge >= 0.3 is 12.6 Å². The molecule has 158 valence electrons. The van der Waals surface area contributed by atoms with Gasteiger partial charge in [-0.15, -0.1) is 0 Å². The second-order valence-electron chi connectivity index (χ2n) is 5.79. The van der Waals surface area contributed by atoms with Crippen LogP contribution < -0.4 is 9.47 Å². The first-order valence-corrected chi connectivity index (χ1v) is 9.17. The number of benzene rings is 2. The molecule has 3 rings (SSSR count). The minimum Gasteiger partial charge on any atom is -0.493 e. The van der Waals surface area contributed by atoms with Crippen LogP contribution in [0.5, 0.6) is 11.5 Å². The molecule has 11 heteroatoms. The Hall–Kier alpha value is -2.91. The summed E-state index contributed by atoms with van der Waals surface area (Å²) >= 11 is 12.1. The van der Waals surface area contributed by atoms with E-state index in [2.05, 4.69) is 14.9 Å². The molecule has 0 bridgehead atoms. The molecule has 0 spiro atoms. The van der Waals surface area contributed by atoms with Crippen molar-refractivity contribution in [2.75, 3.05) is 7.11 Å². The Morgan fingerprint density at radius 1 is 1.17 bits per heavy atom.